The van der Waals surface area contributed by atoms with E-state index in [2.05, 4.69) is 39.0 Å². The molecule has 1 aromatic carbocycles. The summed E-state index contributed by atoms with van der Waals surface area (Å²) in [6, 6.07) is 7.62. The van der Waals surface area contributed by atoms with Gasteiger partial charge in [-0.3, -0.25) is 4.90 Å². The Morgan fingerprint density at radius 3 is 2.60 bits per heavy atom. The van der Waals surface area contributed by atoms with Crippen LogP contribution in [0.15, 0.2) is 24.3 Å². The topological polar surface area (TPSA) is 89.2 Å². The summed E-state index contributed by atoms with van der Waals surface area (Å²) >= 11 is 0. The van der Waals surface area contributed by atoms with Crippen molar-refractivity contribution in [3.63, 3.8) is 0 Å². The smallest absolute Gasteiger partial charge is 0.232 e. The van der Waals surface area contributed by atoms with Gasteiger partial charge in [-0.05, 0) is 30.4 Å². The second kappa shape index (κ2) is 7.65. The number of nitrogens with one attached hydrogen (secondary N) is 1. The minimum absolute atomic E-state index is 0.223. The van der Waals surface area contributed by atoms with E-state index in [-0.39, 0.29) is 5.95 Å². The van der Waals surface area contributed by atoms with E-state index in [9.17, 15) is 0 Å². The van der Waals surface area contributed by atoms with Crippen LogP contribution < -0.4 is 15.8 Å². The average molecular weight is 342 g/mol. The summed E-state index contributed by atoms with van der Waals surface area (Å²) in [7, 11) is 1.63. The number of nitrogens with zero attached hydrogens (tertiary/aromatic N) is 4. The molecule has 1 saturated heterocycles. The predicted octanol–water partition coefficient (Wildman–Crippen LogP) is 2.68. The molecule has 25 heavy (non-hydrogen) atoms. The molecule has 3 rings (SSSR count). The molecule has 1 fully saturated rings. The van der Waals surface area contributed by atoms with E-state index in [1.807, 2.05) is 24.3 Å². The Kier molecular flexibility index (Phi) is 5.33. The number of ether oxygens (including phenoxy) is 1. The zero-order valence-corrected chi connectivity index (χ0v) is 15.1. The Balaban J connectivity index is 1.76. The number of likely N-dealkylation sites (tertiary alicyclic amines) is 1. The van der Waals surface area contributed by atoms with Gasteiger partial charge in [0.15, 0.2) is 0 Å². The van der Waals surface area contributed by atoms with E-state index in [0.717, 1.165) is 24.5 Å². The van der Waals surface area contributed by atoms with Gasteiger partial charge in [-0.1, -0.05) is 26.0 Å². The summed E-state index contributed by atoms with van der Waals surface area (Å²) in [5.41, 5.74) is 6.68. The largest absolute Gasteiger partial charge is 0.495 e. The normalized spacial score (nSPS) is 21.1. The van der Waals surface area contributed by atoms with Gasteiger partial charge in [0.2, 0.25) is 11.9 Å². The van der Waals surface area contributed by atoms with Gasteiger partial charge in [0.05, 0.1) is 19.3 Å². The number of rotatable bonds is 5. The third-order valence-corrected chi connectivity index (χ3v) is 4.36. The lowest BCUT2D eigenvalue weighted by molar-refractivity contribution is 0.131. The highest BCUT2D eigenvalue weighted by atomic mass is 16.5. The molecule has 134 valence electrons. The minimum atomic E-state index is 0.223. The molecule has 0 amide bonds. The number of nitrogens with two attached hydrogens (primary N) is 1. The lowest BCUT2D eigenvalue weighted by Gasteiger charge is -2.34. The predicted molar refractivity (Wildman–Crippen MR) is 98.7 cm³/mol. The number of anilines is 3. The van der Waals surface area contributed by atoms with Crippen LogP contribution in [0.5, 0.6) is 5.75 Å². The maximum atomic E-state index is 5.89. The molecule has 7 heteroatoms. The molecule has 2 atom stereocenters. The lowest BCUT2D eigenvalue weighted by atomic mass is 9.92. The fourth-order valence-electron chi connectivity index (χ4n) is 3.55. The lowest BCUT2D eigenvalue weighted by Crippen LogP contribution is -2.38. The molecule has 0 radical (unpaired) electrons. The average Bonchev–Trinajstić information content (AvgIpc) is 2.53. The van der Waals surface area contributed by atoms with Crippen molar-refractivity contribution in [2.45, 2.75) is 26.8 Å². The Bertz CT molecular complexity index is 712. The van der Waals surface area contributed by atoms with Gasteiger partial charge in [-0.15, -0.1) is 0 Å². The van der Waals surface area contributed by atoms with Crippen LogP contribution >= 0.6 is 0 Å². The van der Waals surface area contributed by atoms with Crippen molar-refractivity contribution in [1.82, 2.24) is 19.9 Å². The molecule has 1 aliphatic heterocycles. The van der Waals surface area contributed by atoms with Crippen LogP contribution in [-0.2, 0) is 6.54 Å². The van der Waals surface area contributed by atoms with Crippen LogP contribution in [0.25, 0.3) is 0 Å². The van der Waals surface area contributed by atoms with Gasteiger partial charge in [-0.2, -0.15) is 15.0 Å². The van der Waals surface area contributed by atoms with Crippen LogP contribution in [0, 0.1) is 11.8 Å². The first kappa shape index (κ1) is 17.4. The van der Waals surface area contributed by atoms with Crippen molar-refractivity contribution in [2.75, 3.05) is 31.2 Å². The zero-order chi connectivity index (χ0) is 17.8. The standard InChI is InChI=1S/C18H26N6O/c1-12-8-13(2)10-24(9-12)11-16-21-17(19)23-18(22-16)20-14-6-4-5-7-15(14)25-3/h4-7,12-13H,8-11H2,1-3H3,(H3,19,20,21,22,23)/t12-,13-/m1/s1. The molecule has 7 nitrogen and oxygen atoms in total. The highest BCUT2D eigenvalue weighted by molar-refractivity contribution is 5.62. The third kappa shape index (κ3) is 4.57. The van der Waals surface area contributed by atoms with Gasteiger partial charge in [0, 0.05) is 13.1 Å². The number of nitrogen functional groups attached to an aromatic ring is 1. The van der Waals surface area contributed by atoms with Crippen molar-refractivity contribution < 1.29 is 4.74 Å². The summed E-state index contributed by atoms with van der Waals surface area (Å²) in [5.74, 6) is 3.45. The van der Waals surface area contributed by atoms with Gasteiger partial charge in [-0.25, -0.2) is 0 Å². The van der Waals surface area contributed by atoms with Crippen LogP contribution in [0.4, 0.5) is 17.6 Å². The molecule has 1 aromatic heterocycles. The number of hydrogen-bond donors (Lipinski definition) is 2. The summed E-state index contributed by atoms with van der Waals surface area (Å²) in [6.07, 6.45) is 1.27. The molecule has 2 heterocycles. The number of benzene rings is 1. The Hall–Kier alpha value is -2.41. The molecule has 1 aliphatic rings. The van der Waals surface area contributed by atoms with Gasteiger partial charge in [0.1, 0.15) is 11.6 Å². The Morgan fingerprint density at radius 1 is 1.16 bits per heavy atom. The monoisotopic (exact) mass is 342 g/mol. The molecule has 0 spiro atoms. The number of hydrogen-bond acceptors (Lipinski definition) is 7. The van der Waals surface area contributed by atoms with E-state index in [0.29, 0.717) is 30.2 Å². The molecule has 0 aliphatic carbocycles. The van der Waals surface area contributed by atoms with Crippen LogP contribution in [-0.4, -0.2) is 40.1 Å². The van der Waals surface area contributed by atoms with E-state index in [1.165, 1.54) is 6.42 Å². The van der Waals surface area contributed by atoms with Crippen molar-refractivity contribution in [1.29, 1.82) is 0 Å². The van der Waals surface area contributed by atoms with Crippen molar-refractivity contribution in [2.24, 2.45) is 11.8 Å². The fourth-order valence-corrected chi connectivity index (χ4v) is 3.55. The van der Waals surface area contributed by atoms with Gasteiger partial charge >= 0.3 is 0 Å². The van der Waals surface area contributed by atoms with E-state index >= 15 is 0 Å². The van der Waals surface area contributed by atoms with Crippen LogP contribution in [0.3, 0.4) is 0 Å². The SMILES string of the molecule is COc1ccccc1Nc1nc(N)nc(CN2C[C@H](C)C[C@@H](C)C2)n1. The number of piperidine rings is 1. The number of aromatic nitrogens is 3. The molecular formula is C18H26N6O. The molecule has 2 aromatic rings. The first-order chi connectivity index (χ1) is 12.0. The summed E-state index contributed by atoms with van der Waals surface area (Å²) in [5, 5.41) is 3.17. The van der Waals surface area contributed by atoms with Crippen LogP contribution in [0.2, 0.25) is 0 Å². The maximum Gasteiger partial charge on any atom is 0.232 e. The zero-order valence-electron chi connectivity index (χ0n) is 15.1. The highest BCUT2D eigenvalue weighted by Gasteiger charge is 2.22. The summed E-state index contributed by atoms with van der Waals surface area (Å²) in [6.45, 7) is 7.39. The number of para-hydroxylation sites is 2. The van der Waals surface area contributed by atoms with Crippen molar-refractivity contribution in [3.05, 3.63) is 30.1 Å². The van der Waals surface area contributed by atoms with Gasteiger partial charge in [0.25, 0.3) is 0 Å². The summed E-state index contributed by atoms with van der Waals surface area (Å²) < 4.78 is 5.35. The second-order valence-corrected chi connectivity index (χ2v) is 6.90. The maximum absolute atomic E-state index is 5.89. The first-order valence-corrected chi connectivity index (χ1v) is 8.66. The summed E-state index contributed by atoms with van der Waals surface area (Å²) in [4.78, 5) is 15.4. The highest BCUT2D eigenvalue weighted by Crippen LogP contribution is 2.26. The molecular weight excluding hydrogens is 316 g/mol. The van der Waals surface area contributed by atoms with Gasteiger partial charge < -0.3 is 15.8 Å². The van der Waals surface area contributed by atoms with E-state index < -0.39 is 0 Å². The Labute approximate surface area is 148 Å². The molecule has 0 unspecified atom stereocenters. The molecule has 0 bridgehead atoms. The fraction of sp³-hybridized carbons (Fsp3) is 0.500. The van der Waals surface area contributed by atoms with Crippen molar-refractivity contribution in [3.8, 4) is 5.75 Å². The second-order valence-electron chi connectivity index (χ2n) is 6.90. The molecule has 0 saturated carbocycles. The Morgan fingerprint density at radius 2 is 1.88 bits per heavy atom. The van der Waals surface area contributed by atoms with E-state index in [4.69, 9.17) is 10.5 Å². The molecule has 3 N–H and O–H groups in total. The minimum Gasteiger partial charge on any atom is -0.495 e. The third-order valence-electron chi connectivity index (χ3n) is 4.36. The first-order valence-electron chi connectivity index (χ1n) is 8.66. The van der Waals surface area contributed by atoms with Crippen LogP contribution in [0.1, 0.15) is 26.1 Å². The number of methoxy groups -OCH3 is 1. The van der Waals surface area contributed by atoms with E-state index in [1.54, 1.807) is 7.11 Å². The van der Waals surface area contributed by atoms with Crippen molar-refractivity contribution >= 4 is 17.6 Å². The quantitative estimate of drug-likeness (QED) is 0.863.